The molecule has 5 nitrogen and oxygen atoms in total. The number of nitrogens with one attached hydrogen (secondary N) is 1. The molecule has 0 saturated carbocycles. The van der Waals surface area contributed by atoms with Gasteiger partial charge in [-0.1, -0.05) is 6.07 Å². The van der Waals surface area contributed by atoms with Gasteiger partial charge in [0.25, 0.3) is 0 Å². The molecule has 0 aliphatic carbocycles. The fraction of sp³-hybridized carbons (Fsp3) is 0.300. The van der Waals surface area contributed by atoms with E-state index in [1.165, 1.54) is 0 Å². The van der Waals surface area contributed by atoms with Gasteiger partial charge in [0.1, 0.15) is 0 Å². The molecule has 0 bridgehead atoms. The minimum Gasteiger partial charge on any atom is -0.329 e. The Kier molecular flexibility index (Phi) is 2.47. The summed E-state index contributed by atoms with van der Waals surface area (Å²) in [5.41, 5.74) is 6.49. The number of benzene rings is 1. The zero-order chi connectivity index (χ0) is 11.9. The van der Waals surface area contributed by atoms with Gasteiger partial charge < -0.3 is 11.1 Å². The van der Waals surface area contributed by atoms with E-state index in [1.54, 1.807) is 25.1 Å². The average Bonchev–Trinajstić information content (AvgIpc) is 2.19. The Morgan fingerprint density at radius 1 is 1.44 bits per heavy atom. The van der Waals surface area contributed by atoms with E-state index in [0.29, 0.717) is 5.69 Å². The standard InChI is InChI=1S/C10H12N2O3S/c1-6-2-3-7-8(4-6)16(14,15)9(5-11)10(13)12-7/h2-4,9H,5,11H2,1H3,(H,12,13). The molecule has 1 aliphatic heterocycles. The number of amides is 1. The summed E-state index contributed by atoms with van der Waals surface area (Å²) in [5, 5.41) is 1.37. The number of carbonyl (C=O) groups excluding carboxylic acids is 1. The lowest BCUT2D eigenvalue weighted by molar-refractivity contribution is -0.115. The van der Waals surface area contributed by atoms with Gasteiger partial charge in [0.05, 0.1) is 10.6 Å². The Balaban J connectivity index is 2.68. The first-order valence-corrected chi connectivity index (χ1v) is 6.37. The van der Waals surface area contributed by atoms with Crippen molar-refractivity contribution < 1.29 is 13.2 Å². The highest BCUT2D eigenvalue weighted by Crippen LogP contribution is 2.30. The van der Waals surface area contributed by atoms with Crippen LogP contribution in [0.25, 0.3) is 0 Å². The maximum atomic E-state index is 12.1. The smallest absolute Gasteiger partial charge is 0.244 e. The van der Waals surface area contributed by atoms with Crippen LogP contribution in [0.4, 0.5) is 5.69 Å². The van der Waals surface area contributed by atoms with E-state index in [0.717, 1.165) is 5.56 Å². The van der Waals surface area contributed by atoms with Gasteiger partial charge in [-0.25, -0.2) is 8.42 Å². The zero-order valence-corrected chi connectivity index (χ0v) is 9.54. The van der Waals surface area contributed by atoms with Crippen molar-refractivity contribution in [2.75, 3.05) is 11.9 Å². The molecular formula is C10H12N2O3S. The Morgan fingerprint density at radius 3 is 2.75 bits per heavy atom. The number of aryl methyl sites for hydroxylation is 1. The molecule has 3 N–H and O–H groups in total. The average molecular weight is 240 g/mol. The van der Waals surface area contributed by atoms with Crippen LogP contribution in [0.2, 0.25) is 0 Å². The zero-order valence-electron chi connectivity index (χ0n) is 8.73. The second-order valence-electron chi connectivity index (χ2n) is 3.76. The van der Waals surface area contributed by atoms with E-state index in [9.17, 15) is 13.2 Å². The molecule has 6 heteroatoms. The number of sulfone groups is 1. The summed E-state index contributed by atoms with van der Waals surface area (Å²) in [6.07, 6.45) is 0. The van der Waals surface area contributed by atoms with Crippen LogP contribution in [0.3, 0.4) is 0 Å². The van der Waals surface area contributed by atoms with Gasteiger partial charge in [0, 0.05) is 6.54 Å². The monoisotopic (exact) mass is 240 g/mol. The number of anilines is 1. The fourth-order valence-electron chi connectivity index (χ4n) is 1.71. The van der Waals surface area contributed by atoms with Crippen molar-refractivity contribution in [3.05, 3.63) is 23.8 Å². The third kappa shape index (κ3) is 1.50. The van der Waals surface area contributed by atoms with Gasteiger partial charge in [0.15, 0.2) is 15.1 Å². The Labute approximate surface area is 93.6 Å². The maximum Gasteiger partial charge on any atom is 0.244 e. The first kappa shape index (κ1) is 11.1. The first-order chi connectivity index (χ1) is 7.46. The number of carbonyl (C=O) groups is 1. The summed E-state index contributed by atoms with van der Waals surface area (Å²) in [5.74, 6) is -0.557. The Bertz CT molecular complexity index is 551. The predicted octanol–water partition coefficient (Wildman–Crippen LogP) is 0.0481. The van der Waals surface area contributed by atoms with Gasteiger partial charge in [-0.05, 0) is 24.6 Å². The van der Waals surface area contributed by atoms with Gasteiger partial charge in [-0.3, -0.25) is 4.79 Å². The third-order valence-corrected chi connectivity index (χ3v) is 4.69. The molecule has 0 radical (unpaired) electrons. The SMILES string of the molecule is Cc1ccc2c(c1)S(=O)(=O)C(CN)C(=O)N2. The lowest BCUT2D eigenvalue weighted by Gasteiger charge is -2.23. The number of rotatable bonds is 1. The van der Waals surface area contributed by atoms with Gasteiger partial charge in [-0.15, -0.1) is 0 Å². The topological polar surface area (TPSA) is 89.3 Å². The molecule has 86 valence electrons. The number of fused-ring (bicyclic) bond motifs is 1. The van der Waals surface area contributed by atoms with Crippen molar-refractivity contribution >= 4 is 21.4 Å². The van der Waals surface area contributed by atoms with Crippen LogP contribution in [0.1, 0.15) is 5.56 Å². The van der Waals surface area contributed by atoms with Crippen LogP contribution >= 0.6 is 0 Å². The third-order valence-electron chi connectivity index (χ3n) is 2.58. The van der Waals surface area contributed by atoms with Crippen LogP contribution in [0.5, 0.6) is 0 Å². The van der Waals surface area contributed by atoms with Gasteiger partial charge >= 0.3 is 0 Å². The van der Waals surface area contributed by atoms with Crippen LogP contribution in [-0.4, -0.2) is 26.1 Å². The van der Waals surface area contributed by atoms with Crippen LogP contribution < -0.4 is 11.1 Å². The summed E-state index contributed by atoms with van der Waals surface area (Å²) < 4.78 is 24.1. The number of hydrogen-bond donors (Lipinski definition) is 2. The van der Waals surface area contributed by atoms with Crippen molar-refractivity contribution in [2.45, 2.75) is 17.1 Å². The summed E-state index contributed by atoms with van der Waals surface area (Å²) in [7, 11) is -3.64. The molecule has 1 unspecified atom stereocenters. The molecule has 1 aromatic rings. The number of nitrogens with two attached hydrogens (primary N) is 1. The van der Waals surface area contributed by atoms with Crippen molar-refractivity contribution in [1.82, 2.24) is 0 Å². The van der Waals surface area contributed by atoms with Crippen LogP contribution in [0.15, 0.2) is 23.1 Å². The molecule has 2 rings (SSSR count). The highest BCUT2D eigenvalue weighted by Gasteiger charge is 2.39. The molecule has 1 atom stereocenters. The molecule has 1 amide bonds. The van der Waals surface area contributed by atoms with E-state index >= 15 is 0 Å². The van der Waals surface area contributed by atoms with Crippen LogP contribution in [-0.2, 0) is 14.6 Å². The molecule has 1 aromatic carbocycles. The minimum absolute atomic E-state index is 0.155. The highest BCUT2D eigenvalue weighted by atomic mass is 32.2. The minimum atomic E-state index is -3.64. The second-order valence-corrected chi connectivity index (χ2v) is 5.86. The fourth-order valence-corrected chi connectivity index (χ4v) is 3.39. The molecule has 1 heterocycles. The second kappa shape index (κ2) is 3.57. The molecule has 0 aromatic heterocycles. The summed E-state index contributed by atoms with van der Waals surface area (Å²) in [6, 6.07) is 4.89. The lowest BCUT2D eigenvalue weighted by Crippen LogP contribution is -2.44. The normalized spacial score (nSPS) is 22.4. The quantitative estimate of drug-likeness (QED) is 0.725. The molecular weight excluding hydrogens is 228 g/mol. The molecule has 0 spiro atoms. The van der Waals surface area contributed by atoms with Crippen molar-refractivity contribution in [1.29, 1.82) is 0 Å². The van der Waals surface area contributed by atoms with Crippen molar-refractivity contribution in [3.8, 4) is 0 Å². The van der Waals surface area contributed by atoms with E-state index in [-0.39, 0.29) is 11.4 Å². The van der Waals surface area contributed by atoms with Gasteiger partial charge in [-0.2, -0.15) is 0 Å². The number of hydrogen-bond acceptors (Lipinski definition) is 4. The summed E-state index contributed by atoms with van der Waals surface area (Å²) >= 11 is 0. The summed E-state index contributed by atoms with van der Waals surface area (Å²) in [6.45, 7) is 1.59. The molecule has 0 fully saturated rings. The highest BCUT2D eigenvalue weighted by molar-refractivity contribution is 7.93. The van der Waals surface area contributed by atoms with Gasteiger partial charge in [0.2, 0.25) is 5.91 Å². The molecule has 16 heavy (non-hydrogen) atoms. The summed E-state index contributed by atoms with van der Waals surface area (Å²) in [4.78, 5) is 11.7. The predicted molar refractivity (Wildman–Crippen MR) is 59.8 cm³/mol. The van der Waals surface area contributed by atoms with E-state index in [2.05, 4.69) is 5.32 Å². The van der Waals surface area contributed by atoms with E-state index in [1.807, 2.05) is 0 Å². The van der Waals surface area contributed by atoms with Crippen molar-refractivity contribution in [3.63, 3.8) is 0 Å². The Morgan fingerprint density at radius 2 is 2.12 bits per heavy atom. The van der Waals surface area contributed by atoms with Crippen LogP contribution in [0, 0.1) is 6.92 Å². The van der Waals surface area contributed by atoms with E-state index in [4.69, 9.17) is 5.73 Å². The van der Waals surface area contributed by atoms with Crippen molar-refractivity contribution in [2.24, 2.45) is 5.73 Å². The largest absolute Gasteiger partial charge is 0.329 e. The maximum absolute atomic E-state index is 12.1. The Hall–Kier alpha value is -1.40. The lowest BCUT2D eigenvalue weighted by atomic mass is 10.2. The molecule has 0 saturated heterocycles. The van der Waals surface area contributed by atoms with E-state index < -0.39 is 21.0 Å². The first-order valence-electron chi connectivity index (χ1n) is 4.82. The molecule has 1 aliphatic rings.